The van der Waals surface area contributed by atoms with E-state index in [1.807, 2.05) is 48.5 Å². The van der Waals surface area contributed by atoms with E-state index < -0.39 is 6.10 Å². The van der Waals surface area contributed by atoms with Crippen molar-refractivity contribution in [3.05, 3.63) is 82.3 Å². The second-order valence-electron chi connectivity index (χ2n) is 6.74. The number of aromatic nitrogens is 1. The van der Waals surface area contributed by atoms with Crippen molar-refractivity contribution in [2.45, 2.75) is 19.6 Å². The molecule has 1 atom stereocenters. The molecule has 4 aromatic rings. The molecule has 30 heavy (non-hydrogen) atoms. The van der Waals surface area contributed by atoms with Crippen LogP contribution in [-0.4, -0.2) is 17.0 Å². The van der Waals surface area contributed by atoms with E-state index >= 15 is 0 Å². The Bertz CT molecular complexity index is 1160. The van der Waals surface area contributed by atoms with Crippen LogP contribution in [0.1, 0.15) is 12.5 Å². The van der Waals surface area contributed by atoms with Crippen LogP contribution in [0.2, 0.25) is 10.0 Å². The van der Waals surface area contributed by atoms with E-state index in [0.717, 1.165) is 22.2 Å². The average molecular weight is 441 g/mol. The normalized spacial score (nSPS) is 12.0. The lowest BCUT2D eigenvalue weighted by Gasteiger charge is -2.16. The summed E-state index contributed by atoms with van der Waals surface area (Å²) in [7, 11) is 0. The fourth-order valence-electron chi connectivity index (χ4n) is 2.91. The maximum absolute atomic E-state index is 12.4. The monoisotopic (exact) mass is 440 g/mol. The molecule has 0 aliphatic heterocycles. The minimum absolute atomic E-state index is 0.246. The fourth-order valence-corrected chi connectivity index (χ4v) is 3.36. The van der Waals surface area contributed by atoms with Gasteiger partial charge in [-0.2, -0.15) is 0 Å². The van der Waals surface area contributed by atoms with Crippen molar-refractivity contribution in [1.82, 2.24) is 10.3 Å². The number of para-hydroxylation sites is 2. The zero-order chi connectivity index (χ0) is 21.1. The number of rotatable bonds is 6. The van der Waals surface area contributed by atoms with Crippen molar-refractivity contribution >= 4 is 40.2 Å². The molecule has 1 unspecified atom stereocenters. The van der Waals surface area contributed by atoms with Crippen molar-refractivity contribution in [3.8, 4) is 17.2 Å². The number of carbonyl (C=O) groups is 1. The summed E-state index contributed by atoms with van der Waals surface area (Å²) in [5.41, 5.74) is 3.38. The Morgan fingerprint density at radius 2 is 1.87 bits per heavy atom. The number of ether oxygens (including phenoxy) is 1. The van der Waals surface area contributed by atoms with E-state index in [4.69, 9.17) is 32.4 Å². The van der Waals surface area contributed by atoms with Crippen LogP contribution < -0.4 is 10.1 Å². The highest BCUT2D eigenvalue weighted by Crippen LogP contribution is 2.28. The lowest BCUT2D eigenvalue weighted by molar-refractivity contribution is -0.127. The van der Waals surface area contributed by atoms with Crippen molar-refractivity contribution < 1.29 is 13.9 Å². The molecule has 0 aliphatic rings. The summed E-state index contributed by atoms with van der Waals surface area (Å²) in [5, 5.41) is 3.72. The molecule has 0 spiro atoms. The summed E-state index contributed by atoms with van der Waals surface area (Å²) >= 11 is 12.0. The number of oxazole rings is 1. The maximum Gasteiger partial charge on any atom is 0.261 e. The minimum atomic E-state index is -0.706. The number of hydrogen-bond donors (Lipinski definition) is 1. The molecule has 0 fully saturated rings. The quantitative estimate of drug-likeness (QED) is 0.406. The first-order valence-corrected chi connectivity index (χ1v) is 10.1. The number of hydrogen-bond acceptors (Lipinski definition) is 4. The summed E-state index contributed by atoms with van der Waals surface area (Å²) in [6, 6.07) is 20.2. The molecule has 0 aliphatic carbocycles. The summed E-state index contributed by atoms with van der Waals surface area (Å²) in [4.78, 5) is 16.8. The lowest BCUT2D eigenvalue weighted by Crippen LogP contribution is -2.35. The summed E-state index contributed by atoms with van der Waals surface area (Å²) < 4.78 is 11.4. The van der Waals surface area contributed by atoms with Gasteiger partial charge < -0.3 is 14.5 Å². The largest absolute Gasteiger partial charge is 0.479 e. The Balaban J connectivity index is 1.35. The fraction of sp³-hybridized carbons (Fsp3) is 0.130. The first-order chi connectivity index (χ1) is 14.5. The van der Waals surface area contributed by atoms with Gasteiger partial charge in [0.05, 0.1) is 5.02 Å². The first kappa shape index (κ1) is 20.3. The van der Waals surface area contributed by atoms with Crippen molar-refractivity contribution in [3.63, 3.8) is 0 Å². The third kappa shape index (κ3) is 4.58. The molecule has 0 bridgehead atoms. The number of amides is 1. The van der Waals surface area contributed by atoms with Crippen LogP contribution in [0.3, 0.4) is 0 Å². The van der Waals surface area contributed by atoms with E-state index in [9.17, 15) is 4.79 Å². The van der Waals surface area contributed by atoms with Crippen molar-refractivity contribution in [2.24, 2.45) is 0 Å². The highest BCUT2D eigenvalue weighted by molar-refractivity contribution is 6.35. The maximum atomic E-state index is 12.4. The predicted molar refractivity (Wildman–Crippen MR) is 118 cm³/mol. The van der Waals surface area contributed by atoms with Gasteiger partial charge in [0.15, 0.2) is 11.7 Å². The zero-order valence-corrected chi connectivity index (χ0v) is 17.6. The molecule has 5 nitrogen and oxygen atoms in total. The zero-order valence-electron chi connectivity index (χ0n) is 16.1. The highest BCUT2D eigenvalue weighted by atomic mass is 35.5. The van der Waals surface area contributed by atoms with Gasteiger partial charge in [-0.25, -0.2) is 4.98 Å². The van der Waals surface area contributed by atoms with Crippen LogP contribution in [0.15, 0.2) is 71.1 Å². The van der Waals surface area contributed by atoms with Crippen LogP contribution in [0.25, 0.3) is 22.6 Å². The van der Waals surface area contributed by atoms with E-state index in [-0.39, 0.29) is 5.91 Å². The average Bonchev–Trinajstić information content (AvgIpc) is 3.18. The molecule has 0 radical (unpaired) electrons. The van der Waals surface area contributed by atoms with Gasteiger partial charge in [-0.15, -0.1) is 0 Å². The number of benzene rings is 3. The first-order valence-electron chi connectivity index (χ1n) is 9.34. The number of halogens is 2. The van der Waals surface area contributed by atoms with Crippen molar-refractivity contribution in [1.29, 1.82) is 0 Å². The Morgan fingerprint density at radius 1 is 1.10 bits per heavy atom. The summed E-state index contributed by atoms with van der Waals surface area (Å²) in [5.74, 6) is 0.726. The smallest absolute Gasteiger partial charge is 0.261 e. The van der Waals surface area contributed by atoms with Gasteiger partial charge in [-0.05, 0) is 55.0 Å². The minimum Gasteiger partial charge on any atom is -0.479 e. The number of carbonyl (C=O) groups excluding carboxylic acids is 1. The van der Waals surface area contributed by atoms with Gasteiger partial charge >= 0.3 is 0 Å². The third-order valence-corrected chi connectivity index (χ3v) is 5.06. The lowest BCUT2D eigenvalue weighted by atomic mass is 10.1. The van der Waals surface area contributed by atoms with Crippen LogP contribution in [-0.2, 0) is 11.3 Å². The molecule has 3 aromatic carbocycles. The SMILES string of the molecule is CC(Oc1ccc(Cl)cc1Cl)C(=O)NCc1ccc(-c2nc3ccccc3o2)cc1. The van der Waals surface area contributed by atoms with Gasteiger partial charge in [0.1, 0.15) is 11.3 Å². The molecule has 1 N–H and O–H groups in total. The van der Waals surface area contributed by atoms with Gasteiger partial charge in [-0.3, -0.25) is 4.79 Å². The van der Waals surface area contributed by atoms with Crippen LogP contribution >= 0.6 is 23.2 Å². The number of nitrogens with one attached hydrogen (secondary N) is 1. The molecule has 4 rings (SSSR count). The molecular weight excluding hydrogens is 423 g/mol. The van der Waals surface area contributed by atoms with Crippen LogP contribution in [0.4, 0.5) is 0 Å². The van der Waals surface area contributed by atoms with Crippen LogP contribution in [0.5, 0.6) is 5.75 Å². The van der Waals surface area contributed by atoms with Gasteiger partial charge in [-0.1, -0.05) is 47.5 Å². The molecule has 0 saturated carbocycles. The molecule has 1 heterocycles. The molecule has 1 amide bonds. The third-order valence-electron chi connectivity index (χ3n) is 4.53. The highest BCUT2D eigenvalue weighted by Gasteiger charge is 2.16. The molecular formula is C23H18Cl2N2O3. The Labute approximate surface area is 183 Å². The van der Waals surface area contributed by atoms with E-state index in [1.165, 1.54) is 0 Å². The second kappa shape index (κ2) is 8.78. The van der Waals surface area contributed by atoms with Gasteiger partial charge in [0.25, 0.3) is 5.91 Å². The Kier molecular flexibility index (Phi) is 5.93. The van der Waals surface area contributed by atoms with E-state index in [1.54, 1.807) is 25.1 Å². The van der Waals surface area contributed by atoms with Crippen LogP contribution in [0, 0.1) is 0 Å². The Morgan fingerprint density at radius 3 is 2.60 bits per heavy atom. The van der Waals surface area contributed by atoms with Gasteiger partial charge in [0, 0.05) is 17.1 Å². The summed E-state index contributed by atoms with van der Waals surface area (Å²) in [6.45, 7) is 2.03. The standard InChI is InChI=1S/C23H18Cl2N2O3/c1-14(29-20-11-10-17(24)12-18(20)25)22(28)26-13-15-6-8-16(9-7-15)23-27-19-4-2-3-5-21(19)30-23/h2-12,14H,13H2,1H3,(H,26,28). The summed E-state index contributed by atoms with van der Waals surface area (Å²) in [6.07, 6.45) is -0.706. The second-order valence-corrected chi connectivity index (χ2v) is 7.58. The van der Waals surface area contributed by atoms with Gasteiger partial charge in [0.2, 0.25) is 5.89 Å². The predicted octanol–water partition coefficient (Wildman–Crippen LogP) is 5.89. The van der Waals surface area contributed by atoms with Crippen molar-refractivity contribution in [2.75, 3.05) is 0 Å². The molecule has 1 aromatic heterocycles. The molecule has 7 heteroatoms. The Hall–Kier alpha value is -3.02. The number of fused-ring (bicyclic) bond motifs is 1. The topological polar surface area (TPSA) is 64.4 Å². The molecule has 0 saturated heterocycles. The van der Waals surface area contributed by atoms with E-state index in [2.05, 4.69) is 10.3 Å². The molecule has 152 valence electrons. The number of nitrogens with zero attached hydrogens (tertiary/aromatic N) is 1. The van der Waals surface area contributed by atoms with E-state index in [0.29, 0.717) is 28.2 Å².